The van der Waals surface area contributed by atoms with Crippen LogP contribution in [-0.4, -0.2) is 24.4 Å². The zero-order chi connectivity index (χ0) is 19.1. The summed E-state index contributed by atoms with van der Waals surface area (Å²) in [5.74, 6) is 0. The summed E-state index contributed by atoms with van der Waals surface area (Å²) in [5, 5.41) is 5.56. The van der Waals surface area contributed by atoms with E-state index in [0.717, 1.165) is 56.9 Å². The highest BCUT2D eigenvalue weighted by molar-refractivity contribution is 5.89. The van der Waals surface area contributed by atoms with Gasteiger partial charge in [0.1, 0.15) is 12.2 Å². The SMILES string of the molecule is Cc1ccc(NC(=O)OC2CCCCC2)cc1NC(=O)OC1CCCCC1. The van der Waals surface area contributed by atoms with E-state index in [0.29, 0.717) is 11.4 Å². The van der Waals surface area contributed by atoms with E-state index in [9.17, 15) is 9.59 Å². The quantitative estimate of drug-likeness (QED) is 0.703. The molecule has 148 valence electrons. The molecule has 0 bridgehead atoms. The zero-order valence-corrected chi connectivity index (χ0v) is 16.1. The van der Waals surface area contributed by atoms with Crippen molar-refractivity contribution < 1.29 is 19.1 Å². The standard InChI is InChI=1S/C21H30N2O4/c1-15-12-13-16(22-20(24)26-17-8-4-2-5-9-17)14-19(15)23-21(25)27-18-10-6-3-7-11-18/h12-14,17-18H,2-11H2,1H3,(H,22,24)(H,23,25). The molecule has 6 heteroatoms. The molecule has 2 amide bonds. The van der Waals surface area contributed by atoms with E-state index >= 15 is 0 Å². The number of rotatable bonds is 4. The summed E-state index contributed by atoms with van der Waals surface area (Å²) < 4.78 is 11.0. The largest absolute Gasteiger partial charge is 0.446 e. The smallest absolute Gasteiger partial charge is 0.411 e. The van der Waals surface area contributed by atoms with Crippen LogP contribution in [0.5, 0.6) is 0 Å². The van der Waals surface area contributed by atoms with Gasteiger partial charge in [-0.05, 0) is 76.0 Å². The average molecular weight is 374 g/mol. The molecule has 0 aliphatic heterocycles. The maximum Gasteiger partial charge on any atom is 0.411 e. The molecular weight excluding hydrogens is 344 g/mol. The van der Waals surface area contributed by atoms with Crippen LogP contribution >= 0.6 is 0 Å². The minimum Gasteiger partial charge on any atom is -0.446 e. The fourth-order valence-electron chi connectivity index (χ4n) is 3.79. The summed E-state index contributed by atoms with van der Waals surface area (Å²) in [6, 6.07) is 5.39. The van der Waals surface area contributed by atoms with Gasteiger partial charge in [0.2, 0.25) is 0 Å². The molecular formula is C21H30N2O4. The van der Waals surface area contributed by atoms with E-state index in [1.165, 1.54) is 12.8 Å². The Morgan fingerprint density at radius 3 is 1.89 bits per heavy atom. The van der Waals surface area contributed by atoms with Crippen molar-refractivity contribution in [1.82, 2.24) is 0 Å². The van der Waals surface area contributed by atoms with Crippen LogP contribution < -0.4 is 10.6 Å². The van der Waals surface area contributed by atoms with Crippen LogP contribution in [0.4, 0.5) is 21.0 Å². The molecule has 2 saturated carbocycles. The highest BCUT2D eigenvalue weighted by Gasteiger charge is 2.19. The van der Waals surface area contributed by atoms with Crippen molar-refractivity contribution in [2.45, 2.75) is 83.3 Å². The van der Waals surface area contributed by atoms with Crippen molar-refractivity contribution in [1.29, 1.82) is 0 Å². The predicted molar refractivity (Wildman–Crippen MR) is 105 cm³/mol. The van der Waals surface area contributed by atoms with Gasteiger partial charge in [-0.15, -0.1) is 0 Å². The lowest BCUT2D eigenvalue weighted by Gasteiger charge is -2.22. The summed E-state index contributed by atoms with van der Waals surface area (Å²) in [6.45, 7) is 1.90. The fourth-order valence-corrected chi connectivity index (χ4v) is 3.79. The Balaban J connectivity index is 1.53. The third kappa shape index (κ3) is 6.15. The Hall–Kier alpha value is -2.24. The maximum absolute atomic E-state index is 12.2. The first-order chi connectivity index (χ1) is 13.1. The monoisotopic (exact) mass is 374 g/mol. The van der Waals surface area contributed by atoms with E-state index < -0.39 is 12.2 Å². The number of anilines is 2. The molecule has 0 saturated heterocycles. The molecule has 6 nitrogen and oxygen atoms in total. The number of hydrogen-bond donors (Lipinski definition) is 2. The second kappa shape index (κ2) is 9.62. The Kier molecular flexibility index (Phi) is 6.96. The molecule has 0 atom stereocenters. The van der Waals surface area contributed by atoms with Crippen LogP contribution in [0.3, 0.4) is 0 Å². The normalized spacial score (nSPS) is 18.6. The second-order valence-electron chi connectivity index (χ2n) is 7.61. The molecule has 2 aliphatic carbocycles. The van der Waals surface area contributed by atoms with Crippen LogP contribution in [0.1, 0.15) is 69.8 Å². The number of carbonyl (C=O) groups is 2. The number of benzene rings is 1. The summed E-state index contributed by atoms with van der Waals surface area (Å²) in [5.41, 5.74) is 2.13. The van der Waals surface area contributed by atoms with Crippen LogP contribution in [0.25, 0.3) is 0 Å². The third-order valence-corrected chi connectivity index (χ3v) is 5.37. The summed E-state index contributed by atoms with van der Waals surface area (Å²) >= 11 is 0. The van der Waals surface area contributed by atoms with Crippen LogP contribution in [0.15, 0.2) is 18.2 Å². The number of amides is 2. The molecule has 0 heterocycles. The lowest BCUT2D eigenvalue weighted by molar-refractivity contribution is 0.0859. The van der Waals surface area contributed by atoms with Crippen molar-refractivity contribution in [2.75, 3.05) is 10.6 Å². The van der Waals surface area contributed by atoms with Crippen molar-refractivity contribution >= 4 is 23.6 Å². The Labute approximate surface area is 161 Å². The van der Waals surface area contributed by atoms with Gasteiger partial charge in [0, 0.05) is 11.4 Å². The van der Waals surface area contributed by atoms with E-state index in [2.05, 4.69) is 10.6 Å². The van der Waals surface area contributed by atoms with E-state index in [1.807, 2.05) is 13.0 Å². The van der Waals surface area contributed by atoms with Crippen molar-refractivity contribution in [3.63, 3.8) is 0 Å². The Bertz CT molecular complexity index is 650. The lowest BCUT2D eigenvalue weighted by atomic mass is 9.98. The summed E-state index contributed by atoms with van der Waals surface area (Å²) in [6.07, 6.45) is 9.73. The predicted octanol–water partition coefficient (Wildman–Crippen LogP) is 5.76. The van der Waals surface area contributed by atoms with Crippen molar-refractivity contribution in [3.8, 4) is 0 Å². The van der Waals surface area contributed by atoms with Crippen LogP contribution in [-0.2, 0) is 9.47 Å². The van der Waals surface area contributed by atoms with E-state index in [1.54, 1.807) is 12.1 Å². The molecule has 2 fully saturated rings. The first-order valence-corrected chi connectivity index (χ1v) is 10.2. The Morgan fingerprint density at radius 1 is 0.815 bits per heavy atom. The van der Waals surface area contributed by atoms with Gasteiger partial charge in [-0.1, -0.05) is 18.9 Å². The van der Waals surface area contributed by atoms with Gasteiger partial charge >= 0.3 is 12.2 Å². The van der Waals surface area contributed by atoms with E-state index in [4.69, 9.17) is 9.47 Å². The highest BCUT2D eigenvalue weighted by atomic mass is 16.6. The van der Waals surface area contributed by atoms with Crippen molar-refractivity contribution in [2.24, 2.45) is 0 Å². The Morgan fingerprint density at radius 2 is 1.33 bits per heavy atom. The highest BCUT2D eigenvalue weighted by Crippen LogP contribution is 2.24. The van der Waals surface area contributed by atoms with Crippen LogP contribution in [0.2, 0.25) is 0 Å². The summed E-state index contributed by atoms with van der Waals surface area (Å²) in [4.78, 5) is 24.3. The topological polar surface area (TPSA) is 76.7 Å². The molecule has 0 spiro atoms. The van der Waals surface area contributed by atoms with E-state index in [-0.39, 0.29) is 12.2 Å². The van der Waals surface area contributed by atoms with Crippen molar-refractivity contribution in [3.05, 3.63) is 23.8 Å². The van der Waals surface area contributed by atoms with Gasteiger partial charge in [0.05, 0.1) is 0 Å². The molecule has 2 aliphatic rings. The average Bonchev–Trinajstić information content (AvgIpc) is 2.66. The van der Waals surface area contributed by atoms with Gasteiger partial charge in [-0.25, -0.2) is 9.59 Å². The maximum atomic E-state index is 12.2. The minimum atomic E-state index is -0.443. The van der Waals surface area contributed by atoms with Gasteiger partial charge in [-0.3, -0.25) is 10.6 Å². The molecule has 0 unspecified atom stereocenters. The van der Waals surface area contributed by atoms with Gasteiger partial charge < -0.3 is 9.47 Å². The fraction of sp³-hybridized carbons (Fsp3) is 0.619. The molecule has 1 aromatic rings. The zero-order valence-electron chi connectivity index (χ0n) is 16.1. The summed E-state index contributed by atoms with van der Waals surface area (Å²) in [7, 11) is 0. The third-order valence-electron chi connectivity index (χ3n) is 5.37. The van der Waals surface area contributed by atoms with Gasteiger partial charge in [0.15, 0.2) is 0 Å². The van der Waals surface area contributed by atoms with Gasteiger partial charge in [0.25, 0.3) is 0 Å². The second-order valence-corrected chi connectivity index (χ2v) is 7.61. The van der Waals surface area contributed by atoms with Gasteiger partial charge in [-0.2, -0.15) is 0 Å². The first-order valence-electron chi connectivity index (χ1n) is 10.2. The molecule has 0 radical (unpaired) electrons. The number of nitrogens with one attached hydrogen (secondary N) is 2. The lowest BCUT2D eigenvalue weighted by Crippen LogP contribution is -2.25. The minimum absolute atomic E-state index is 0.00540. The number of carbonyl (C=O) groups excluding carboxylic acids is 2. The molecule has 0 aromatic heterocycles. The number of hydrogen-bond acceptors (Lipinski definition) is 4. The number of ether oxygens (including phenoxy) is 2. The molecule has 27 heavy (non-hydrogen) atoms. The molecule has 1 aromatic carbocycles. The molecule has 3 rings (SSSR count). The van der Waals surface area contributed by atoms with Crippen LogP contribution in [0, 0.1) is 6.92 Å². The molecule has 2 N–H and O–H groups in total. The first kappa shape index (κ1) is 19.5. The number of aryl methyl sites for hydroxylation is 1.